The third-order valence-corrected chi connectivity index (χ3v) is 2.97. The average Bonchev–Trinajstić information content (AvgIpc) is 2.14. The van der Waals surface area contributed by atoms with E-state index < -0.39 is 0 Å². The maximum absolute atomic E-state index is 11.6. The molecule has 0 amide bonds. The molecule has 14 heavy (non-hydrogen) atoms. The van der Waals surface area contributed by atoms with Crippen molar-refractivity contribution in [2.45, 2.75) is 19.4 Å². The molecule has 0 aromatic heterocycles. The highest BCUT2D eigenvalue weighted by Crippen LogP contribution is 2.16. The second-order valence-corrected chi connectivity index (χ2v) is 4.88. The molecule has 0 radical (unpaired) electrons. The van der Waals surface area contributed by atoms with Crippen LogP contribution < -0.4 is 5.73 Å². The zero-order chi connectivity index (χ0) is 10.6. The Kier molecular flexibility index (Phi) is 3.72. The molecule has 1 aromatic carbocycles. The third kappa shape index (κ3) is 3.94. The van der Waals surface area contributed by atoms with Crippen molar-refractivity contribution in [3.63, 3.8) is 0 Å². The Labute approximate surface area is 88.9 Å². The first-order valence-corrected chi connectivity index (χ1v) is 5.49. The van der Waals surface area contributed by atoms with Crippen molar-refractivity contribution in [2.75, 3.05) is 5.75 Å². The number of hydrogen-bond donors (Lipinski definition) is 1. The molecular weight excluding hydrogens is 194 g/mol. The first kappa shape index (κ1) is 11.3. The summed E-state index contributed by atoms with van der Waals surface area (Å²) in [6.45, 7) is 3.83. The molecule has 1 aromatic rings. The first-order valence-electron chi connectivity index (χ1n) is 4.50. The van der Waals surface area contributed by atoms with Gasteiger partial charge in [-0.25, -0.2) is 0 Å². The molecule has 0 heterocycles. The molecule has 0 aliphatic heterocycles. The molecule has 3 heteroatoms. The van der Waals surface area contributed by atoms with Gasteiger partial charge in [-0.15, -0.1) is 0 Å². The van der Waals surface area contributed by atoms with Crippen molar-refractivity contribution in [1.29, 1.82) is 0 Å². The minimum atomic E-state index is -0.297. The van der Waals surface area contributed by atoms with E-state index in [0.29, 0.717) is 5.75 Å². The van der Waals surface area contributed by atoms with E-state index in [9.17, 15) is 4.79 Å². The number of hydrogen-bond acceptors (Lipinski definition) is 3. The standard InChI is InChI=1S/C11H15NOS/c1-11(2,12)8-14-10(13)9-6-4-3-5-7-9/h3-7H,8,12H2,1-2H3. The highest BCUT2D eigenvalue weighted by molar-refractivity contribution is 8.14. The normalized spacial score (nSPS) is 11.4. The van der Waals surface area contributed by atoms with Crippen LogP contribution in [-0.2, 0) is 0 Å². The highest BCUT2D eigenvalue weighted by Gasteiger charge is 2.14. The summed E-state index contributed by atoms with van der Waals surface area (Å²) in [5.74, 6) is 0.640. The van der Waals surface area contributed by atoms with E-state index >= 15 is 0 Å². The van der Waals surface area contributed by atoms with Gasteiger partial charge in [0.2, 0.25) is 5.12 Å². The van der Waals surface area contributed by atoms with Gasteiger partial charge in [0.25, 0.3) is 0 Å². The third-order valence-electron chi connectivity index (χ3n) is 1.58. The molecule has 0 aliphatic carbocycles. The molecule has 0 saturated carbocycles. The van der Waals surface area contributed by atoms with Crippen LogP contribution in [0.1, 0.15) is 24.2 Å². The van der Waals surface area contributed by atoms with Gasteiger partial charge in [-0.1, -0.05) is 42.1 Å². The fourth-order valence-corrected chi connectivity index (χ4v) is 1.71. The summed E-state index contributed by atoms with van der Waals surface area (Å²) in [4.78, 5) is 11.6. The van der Waals surface area contributed by atoms with Crippen molar-refractivity contribution in [3.8, 4) is 0 Å². The van der Waals surface area contributed by atoms with Crippen LogP contribution in [-0.4, -0.2) is 16.4 Å². The smallest absolute Gasteiger partial charge is 0.219 e. The molecule has 0 aliphatic rings. The molecule has 0 fully saturated rings. The van der Waals surface area contributed by atoms with Crippen LogP contribution in [0.4, 0.5) is 0 Å². The van der Waals surface area contributed by atoms with Gasteiger partial charge in [0, 0.05) is 16.9 Å². The zero-order valence-electron chi connectivity index (χ0n) is 8.49. The molecule has 0 atom stereocenters. The van der Waals surface area contributed by atoms with E-state index in [-0.39, 0.29) is 10.7 Å². The number of rotatable bonds is 3. The second kappa shape index (κ2) is 4.62. The SMILES string of the molecule is CC(C)(N)CSC(=O)c1ccccc1. The predicted octanol–water partition coefficient (Wildman–Crippen LogP) is 2.30. The Balaban J connectivity index is 2.52. The van der Waals surface area contributed by atoms with Crippen molar-refractivity contribution >= 4 is 16.9 Å². The Bertz CT molecular complexity index is 303. The van der Waals surface area contributed by atoms with Crippen LogP contribution in [0, 0.1) is 0 Å². The summed E-state index contributed by atoms with van der Waals surface area (Å²) in [5.41, 5.74) is 6.23. The lowest BCUT2D eigenvalue weighted by Gasteiger charge is -2.16. The van der Waals surface area contributed by atoms with E-state index in [2.05, 4.69) is 0 Å². The average molecular weight is 209 g/mol. The van der Waals surface area contributed by atoms with Gasteiger partial charge in [0.15, 0.2) is 0 Å². The predicted molar refractivity (Wildman–Crippen MR) is 61.5 cm³/mol. The highest BCUT2D eigenvalue weighted by atomic mass is 32.2. The summed E-state index contributed by atoms with van der Waals surface area (Å²) in [7, 11) is 0. The molecule has 0 bridgehead atoms. The molecule has 0 saturated heterocycles. The maximum Gasteiger partial charge on any atom is 0.219 e. The monoisotopic (exact) mass is 209 g/mol. The van der Waals surface area contributed by atoms with Crippen LogP contribution in [0.25, 0.3) is 0 Å². The summed E-state index contributed by atoms with van der Waals surface area (Å²) >= 11 is 1.27. The minimum Gasteiger partial charge on any atom is -0.325 e. The van der Waals surface area contributed by atoms with E-state index in [0.717, 1.165) is 5.56 Å². The molecule has 76 valence electrons. The van der Waals surface area contributed by atoms with Gasteiger partial charge in [0.05, 0.1) is 0 Å². The maximum atomic E-state index is 11.6. The first-order chi connectivity index (χ1) is 6.49. The lowest BCUT2D eigenvalue weighted by molar-refractivity contribution is 0.108. The fraction of sp³-hybridized carbons (Fsp3) is 0.364. The largest absolute Gasteiger partial charge is 0.325 e. The Morgan fingerprint density at radius 3 is 2.43 bits per heavy atom. The van der Waals surface area contributed by atoms with Gasteiger partial charge < -0.3 is 5.73 Å². The molecule has 1 rings (SSSR count). The zero-order valence-corrected chi connectivity index (χ0v) is 9.30. The van der Waals surface area contributed by atoms with Crippen LogP contribution >= 0.6 is 11.8 Å². The molecule has 0 unspecified atom stereocenters. The number of carbonyl (C=O) groups is 1. The van der Waals surface area contributed by atoms with Crippen LogP contribution in [0.15, 0.2) is 30.3 Å². The van der Waals surface area contributed by atoms with Crippen LogP contribution in [0.3, 0.4) is 0 Å². The number of thioether (sulfide) groups is 1. The topological polar surface area (TPSA) is 43.1 Å². The van der Waals surface area contributed by atoms with Crippen molar-refractivity contribution in [1.82, 2.24) is 0 Å². The van der Waals surface area contributed by atoms with Gasteiger partial charge in [-0.05, 0) is 13.8 Å². The number of benzene rings is 1. The Morgan fingerprint density at radius 1 is 1.36 bits per heavy atom. The van der Waals surface area contributed by atoms with E-state index in [1.165, 1.54) is 11.8 Å². The number of carbonyl (C=O) groups excluding carboxylic acids is 1. The van der Waals surface area contributed by atoms with Gasteiger partial charge in [-0.2, -0.15) is 0 Å². The molecule has 2 N–H and O–H groups in total. The molecule has 0 spiro atoms. The van der Waals surface area contributed by atoms with Gasteiger partial charge >= 0.3 is 0 Å². The van der Waals surface area contributed by atoms with Crippen molar-refractivity contribution in [3.05, 3.63) is 35.9 Å². The quantitative estimate of drug-likeness (QED) is 0.830. The summed E-state index contributed by atoms with van der Waals surface area (Å²) < 4.78 is 0. The van der Waals surface area contributed by atoms with Crippen molar-refractivity contribution < 1.29 is 4.79 Å². The summed E-state index contributed by atoms with van der Waals surface area (Å²) in [6, 6.07) is 9.26. The molecular formula is C11H15NOS. The van der Waals surface area contributed by atoms with Gasteiger partial charge in [0.1, 0.15) is 0 Å². The second-order valence-electron chi connectivity index (χ2n) is 3.93. The van der Waals surface area contributed by atoms with E-state index in [1.54, 1.807) is 0 Å². The number of nitrogens with two attached hydrogens (primary N) is 1. The van der Waals surface area contributed by atoms with E-state index in [1.807, 2.05) is 44.2 Å². The van der Waals surface area contributed by atoms with E-state index in [4.69, 9.17) is 5.73 Å². The van der Waals surface area contributed by atoms with Crippen LogP contribution in [0.5, 0.6) is 0 Å². The minimum absolute atomic E-state index is 0.0872. The lowest BCUT2D eigenvalue weighted by atomic mass is 10.1. The molecule has 2 nitrogen and oxygen atoms in total. The Hall–Kier alpha value is -0.800. The fourth-order valence-electron chi connectivity index (χ4n) is 0.909. The van der Waals surface area contributed by atoms with Crippen molar-refractivity contribution in [2.24, 2.45) is 5.73 Å². The van der Waals surface area contributed by atoms with Crippen LogP contribution in [0.2, 0.25) is 0 Å². The Morgan fingerprint density at radius 2 is 1.93 bits per heavy atom. The summed E-state index contributed by atoms with van der Waals surface area (Å²) in [6.07, 6.45) is 0. The summed E-state index contributed by atoms with van der Waals surface area (Å²) in [5, 5.41) is 0.0872. The lowest BCUT2D eigenvalue weighted by Crippen LogP contribution is -2.35. The van der Waals surface area contributed by atoms with Gasteiger partial charge in [-0.3, -0.25) is 4.79 Å².